The monoisotopic (exact) mass is 210 g/mol. The summed E-state index contributed by atoms with van der Waals surface area (Å²) in [6.07, 6.45) is 5.73. The van der Waals surface area contributed by atoms with Crippen LogP contribution in [0.3, 0.4) is 0 Å². The van der Waals surface area contributed by atoms with Crippen LogP contribution < -0.4 is 16.6 Å². The Balaban J connectivity index is 2.09. The minimum absolute atomic E-state index is 0.210. The maximum Gasteiger partial charge on any atom is 0.342 e. The Labute approximate surface area is 86.1 Å². The van der Waals surface area contributed by atoms with Crippen LogP contribution in [-0.2, 0) is 0 Å². The van der Waals surface area contributed by atoms with Gasteiger partial charge >= 0.3 is 5.69 Å². The van der Waals surface area contributed by atoms with E-state index in [1.165, 1.54) is 19.3 Å². The lowest BCUT2D eigenvalue weighted by Crippen LogP contribution is -2.31. The molecule has 3 N–H and O–H groups in total. The molecule has 6 heteroatoms. The summed E-state index contributed by atoms with van der Waals surface area (Å²) in [5, 5.41) is 8.94. The minimum atomic E-state index is -0.575. The molecule has 0 amide bonds. The molecule has 1 saturated carbocycles. The Morgan fingerprint density at radius 3 is 2.60 bits per heavy atom. The first-order valence-corrected chi connectivity index (χ1v) is 5.21. The average Bonchev–Trinajstić information content (AvgIpc) is 2.24. The lowest BCUT2D eigenvalue weighted by molar-refractivity contribution is 0.461. The van der Waals surface area contributed by atoms with Crippen molar-refractivity contribution in [2.24, 2.45) is 0 Å². The van der Waals surface area contributed by atoms with E-state index in [1.54, 1.807) is 0 Å². The Morgan fingerprint density at radius 1 is 1.20 bits per heavy atom. The molecule has 1 heterocycles. The molecule has 0 radical (unpaired) electrons. The molecule has 0 atom stereocenters. The normalized spacial score (nSPS) is 17.6. The van der Waals surface area contributed by atoms with Gasteiger partial charge in [0.1, 0.15) is 0 Å². The van der Waals surface area contributed by atoms with E-state index in [-0.39, 0.29) is 5.82 Å². The topological polar surface area (TPSA) is 90.6 Å². The largest absolute Gasteiger partial charge is 0.361 e. The van der Waals surface area contributed by atoms with Crippen molar-refractivity contribution in [3.05, 3.63) is 20.8 Å². The molecule has 1 aromatic heterocycles. The molecule has 0 aliphatic heterocycles. The molecule has 6 nitrogen and oxygen atoms in total. The molecule has 1 aromatic rings. The van der Waals surface area contributed by atoms with Crippen molar-refractivity contribution < 1.29 is 0 Å². The van der Waals surface area contributed by atoms with Crippen molar-refractivity contribution in [2.75, 3.05) is 5.32 Å². The second kappa shape index (κ2) is 4.29. The maximum absolute atomic E-state index is 11.3. The standard InChI is InChI=1S/C9H14N4O2/c14-8-7(12-13-9(15)11-8)10-6-4-2-1-3-5-6/h6H,1-5H2,(H,10,12)(H2,11,13,14,15). The number of H-pyrrole nitrogens is 2. The molecule has 0 bridgehead atoms. The summed E-state index contributed by atoms with van der Waals surface area (Å²) >= 11 is 0. The lowest BCUT2D eigenvalue weighted by atomic mass is 9.96. The van der Waals surface area contributed by atoms with Crippen LogP contribution in [0, 0.1) is 0 Å². The van der Waals surface area contributed by atoms with Crippen LogP contribution in [0.2, 0.25) is 0 Å². The Morgan fingerprint density at radius 2 is 1.93 bits per heavy atom. The third-order valence-corrected chi connectivity index (χ3v) is 2.66. The summed E-state index contributed by atoms with van der Waals surface area (Å²) < 4.78 is 0. The predicted octanol–water partition coefficient (Wildman–Crippen LogP) is 0.203. The molecule has 1 aliphatic carbocycles. The first-order valence-electron chi connectivity index (χ1n) is 5.21. The molecule has 0 aromatic carbocycles. The van der Waals surface area contributed by atoms with Gasteiger partial charge < -0.3 is 5.32 Å². The number of hydrogen-bond acceptors (Lipinski definition) is 4. The molecule has 2 rings (SSSR count). The molecule has 82 valence electrons. The van der Waals surface area contributed by atoms with Crippen LogP contribution >= 0.6 is 0 Å². The summed E-state index contributed by atoms with van der Waals surface area (Å²) in [7, 11) is 0. The van der Waals surface area contributed by atoms with Crippen molar-refractivity contribution >= 4 is 5.82 Å². The Hall–Kier alpha value is -1.59. The van der Waals surface area contributed by atoms with Crippen molar-refractivity contribution in [1.29, 1.82) is 0 Å². The number of aromatic amines is 2. The molecule has 1 aliphatic rings. The van der Waals surface area contributed by atoms with Crippen LogP contribution in [0.5, 0.6) is 0 Å². The van der Waals surface area contributed by atoms with Crippen LogP contribution in [0.25, 0.3) is 0 Å². The van der Waals surface area contributed by atoms with Gasteiger partial charge in [0.15, 0.2) is 0 Å². The molecule has 0 saturated heterocycles. The maximum atomic E-state index is 11.3. The summed E-state index contributed by atoms with van der Waals surface area (Å²) in [6.45, 7) is 0. The summed E-state index contributed by atoms with van der Waals surface area (Å²) in [4.78, 5) is 24.2. The van der Waals surface area contributed by atoms with E-state index in [9.17, 15) is 9.59 Å². The number of nitrogens with zero attached hydrogens (tertiary/aromatic N) is 1. The Kier molecular flexibility index (Phi) is 2.84. The van der Waals surface area contributed by atoms with Gasteiger partial charge in [-0.3, -0.25) is 9.78 Å². The zero-order chi connectivity index (χ0) is 10.7. The number of rotatable bonds is 2. The fourth-order valence-electron chi connectivity index (χ4n) is 1.89. The van der Waals surface area contributed by atoms with E-state index < -0.39 is 11.2 Å². The van der Waals surface area contributed by atoms with E-state index in [1.807, 2.05) is 0 Å². The van der Waals surface area contributed by atoms with Crippen LogP contribution in [0.15, 0.2) is 9.59 Å². The van der Waals surface area contributed by atoms with Gasteiger partial charge in [-0.05, 0) is 12.8 Å². The summed E-state index contributed by atoms with van der Waals surface area (Å²) in [5.74, 6) is 0.210. The van der Waals surface area contributed by atoms with Crippen molar-refractivity contribution in [2.45, 2.75) is 38.1 Å². The van der Waals surface area contributed by atoms with E-state index in [2.05, 4.69) is 20.5 Å². The number of hydrogen-bond donors (Lipinski definition) is 3. The summed E-state index contributed by atoms with van der Waals surface area (Å²) in [6, 6.07) is 0.304. The van der Waals surface area contributed by atoms with Gasteiger partial charge in [0.25, 0.3) is 5.56 Å². The van der Waals surface area contributed by atoms with Gasteiger partial charge in [0.05, 0.1) is 0 Å². The number of aromatic nitrogens is 3. The third kappa shape index (κ3) is 2.45. The molecule has 0 unspecified atom stereocenters. The zero-order valence-electron chi connectivity index (χ0n) is 8.38. The molecule has 0 spiro atoms. The predicted molar refractivity (Wildman–Crippen MR) is 56.0 cm³/mol. The second-order valence-electron chi connectivity index (χ2n) is 3.83. The van der Waals surface area contributed by atoms with Gasteiger partial charge in [-0.2, -0.15) is 0 Å². The van der Waals surface area contributed by atoms with Crippen molar-refractivity contribution in [3.63, 3.8) is 0 Å². The highest BCUT2D eigenvalue weighted by molar-refractivity contribution is 5.30. The van der Waals surface area contributed by atoms with Crippen LogP contribution in [-0.4, -0.2) is 21.2 Å². The summed E-state index contributed by atoms with van der Waals surface area (Å²) in [5.41, 5.74) is -1.03. The van der Waals surface area contributed by atoms with E-state index in [0.29, 0.717) is 6.04 Å². The van der Waals surface area contributed by atoms with Crippen molar-refractivity contribution in [1.82, 2.24) is 15.2 Å². The Bertz CT molecular complexity index is 430. The molecular weight excluding hydrogens is 196 g/mol. The van der Waals surface area contributed by atoms with Gasteiger partial charge in [-0.1, -0.05) is 19.3 Å². The smallest absolute Gasteiger partial charge is 0.342 e. The minimum Gasteiger partial charge on any atom is -0.361 e. The fraction of sp³-hybridized carbons (Fsp3) is 0.667. The van der Waals surface area contributed by atoms with Crippen LogP contribution in [0.4, 0.5) is 5.82 Å². The zero-order valence-corrected chi connectivity index (χ0v) is 8.38. The van der Waals surface area contributed by atoms with E-state index in [4.69, 9.17) is 0 Å². The fourth-order valence-corrected chi connectivity index (χ4v) is 1.89. The van der Waals surface area contributed by atoms with Gasteiger partial charge in [-0.25, -0.2) is 9.89 Å². The van der Waals surface area contributed by atoms with Gasteiger partial charge in [0.2, 0.25) is 5.82 Å². The molecule has 15 heavy (non-hydrogen) atoms. The highest BCUT2D eigenvalue weighted by Gasteiger charge is 2.14. The second-order valence-corrected chi connectivity index (χ2v) is 3.83. The molecular formula is C9H14N4O2. The third-order valence-electron chi connectivity index (χ3n) is 2.66. The van der Waals surface area contributed by atoms with E-state index >= 15 is 0 Å². The first-order chi connectivity index (χ1) is 7.25. The number of anilines is 1. The lowest BCUT2D eigenvalue weighted by Gasteiger charge is -2.22. The number of nitrogens with one attached hydrogen (secondary N) is 3. The SMILES string of the molecule is O=c1[nH]nc(NC2CCCCC2)c(=O)[nH]1. The van der Waals surface area contributed by atoms with Crippen LogP contribution in [0.1, 0.15) is 32.1 Å². The first kappa shape index (κ1) is 9.95. The van der Waals surface area contributed by atoms with Gasteiger partial charge in [0, 0.05) is 6.04 Å². The quantitative estimate of drug-likeness (QED) is 0.650. The van der Waals surface area contributed by atoms with Crippen molar-refractivity contribution in [3.8, 4) is 0 Å². The van der Waals surface area contributed by atoms with Gasteiger partial charge in [-0.15, -0.1) is 5.10 Å². The highest BCUT2D eigenvalue weighted by atomic mass is 16.2. The average molecular weight is 210 g/mol. The van der Waals surface area contributed by atoms with E-state index in [0.717, 1.165) is 12.8 Å². The molecule has 1 fully saturated rings. The highest BCUT2D eigenvalue weighted by Crippen LogP contribution is 2.19.